The third-order valence-electron chi connectivity index (χ3n) is 1.72. The molecule has 1 heterocycles. The molecule has 0 aromatic carbocycles. The van der Waals surface area contributed by atoms with Crippen molar-refractivity contribution in [2.24, 2.45) is 0 Å². The second-order valence-electron chi connectivity index (χ2n) is 2.70. The van der Waals surface area contributed by atoms with Crippen LogP contribution in [-0.2, 0) is 6.18 Å². The average molecular weight is 306 g/mol. The molecule has 0 fully saturated rings. The number of hydrogen-bond acceptors (Lipinski definition) is 2. The number of nitrogens with zero attached hydrogens (tertiary/aromatic N) is 1. The highest BCUT2D eigenvalue weighted by Gasteiger charge is 2.39. The molecule has 1 aromatic heterocycles. The molecule has 1 rings (SSSR count). The molecule has 0 aliphatic heterocycles. The van der Waals surface area contributed by atoms with Crippen molar-refractivity contribution in [3.8, 4) is 5.75 Å². The number of alkyl halides is 5. The fraction of sp³-hybridized carbons (Fsp3) is 0.375. The lowest BCUT2D eigenvalue weighted by atomic mass is 10.2. The van der Waals surface area contributed by atoms with E-state index < -0.39 is 34.1 Å². The lowest BCUT2D eigenvalue weighted by molar-refractivity contribution is -0.139. The number of hydrogen-bond donors (Lipinski definition) is 0. The minimum Gasteiger partial charge on any atom is -0.494 e. The van der Waals surface area contributed by atoms with Crippen LogP contribution in [0.25, 0.3) is 0 Å². The number of ether oxygens (including phenoxy) is 1. The van der Waals surface area contributed by atoms with E-state index in [1.54, 1.807) is 0 Å². The van der Waals surface area contributed by atoms with E-state index in [-0.39, 0.29) is 0 Å². The lowest BCUT2D eigenvalue weighted by Gasteiger charge is -2.15. The van der Waals surface area contributed by atoms with E-state index in [2.05, 4.69) is 25.7 Å². The summed E-state index contributed by atoms with van der Waals surface area (Å²) in [7, 11) is 1.00. The Bertz CT molecular complexity index is 393. The van der Waals surface area contributed by atoms with Gasteiger partial charge in [0.05, 0.1) is 17.8 Å². The van der Waals surface area contributed by atoms with Gasteiger partial charge in [0.25, 0.3) is 6.43 Å². The zero-order valence-electron chi connectivity index (χ0n) is 7.78. The predicted octanol–water partition coefficient (Wildman–Crippen LogP) is 3.81. The van der Waals surface area contributed by atoms with Gasteiger partial charge in [0, 0.05) is 0 Å². The van der Waals surface area contributed by atoms with Crippen LogP contribution in [-0.4, -0.2) is 12.1 Å². The smallest absolute Gasteiger partial charge is 0.421 e. The van der Waals surface area contributed by atoms with Gasteiger partial charge in [-0.25, -0.2) is 8.78 Å². The summed E-state index contributed by atoms with van der Waals surface area (Å²) in [6.45, 7) is 0. The summed E-state index contributed by atoms with van der Waals surface area (Å²) in [5.74, 6) is -0.608. The molecular formula is C8H5BrF5NO. The molecule has 0 radical (unpaired) electrons. The molecule has 16 heavy (non-hydrogen) atoms. The van der Waals surface area contributed by atoms with Crippen molar-refractivity contribution in [3.05, 3.63) is 21.9 Å². The highest BCUT2D eigenvalue weighted by Crippen LogP contribution is 2.43. The largest absolute Gasteiger partial charge is 0.494 e. The second kappa shape index (κ2) is 4.52. The van der Waals surface area contributed by atoms with E-state index in [0.717, 1.165) is 7.11 Å². The highest BCUT2D eigenvalue weighted by atomic mass is 79.9. The lowest BCUT2D eigenvalue weighted by Crippen LogP contribution is -2.11. The first-order valence-corrected chi connectivity index (χ1v) is 4.66. The molecule has 0 saturated carbocycles. The molecule has 0 atom stereocenters. The van der Waals surface area contributed by atoms with E-state index >= 15 is 0 Å². The van der Waals surface area contributed by atoms with E-state index in [1.807, 2.05) is 0 Å². The Hall–Kier alpha value is -0.920. The predicted molar refractivity (Wildman–Crippen MR) is 48.4 cm³/mol. The average Bonchev–Trinajstić information content (AvgIpc) is 2.14. The summed E-state index contributed by atoms with van der Waals surface area (Å²) >= 11 is 2.47. The first-order valence-electron chi connectivity index (χ1n) is 3.86. The standard InChI is InChI=1S/C8H5BrF5NO/c1-16-3-2-15-6(7(10)11)5(9)4(3)8(12,13)14/h2,7H,1H3. The van der Waals surface area contributed by atoms with Crippen LogP contribution >= 0.6 is 15.9 Å². The zero-order chi connectivity index (χ0) is 12.5. The fourth-order valence-electron chi connectivity index (χ4n) is 1.06. The topological polar surface area (TPSA) is 22.1 Å². The first kappa shape index (κ1) is 13.1. The van der Waals surface area contributed by atoms with Crippen LogP contribution in [0.2, 0.25) is 0 Å². The monoisotopic (exact) mass is 305 g/mol. The van der Waals surface area contributed by atoms with Crippen LogP contribution in [0.4, 0.5) is 22.0 Å². The van der Waals surface area contributed by atoms with Gasteiger partial charge in [-0.15, -0.1) is 0 Å². The molecule has 0 bridgehead atoms. The van der Waals surface area contributed by atoms with Crippen molar-refractivity contribution >= 4 is 15.9 Å². The van der Waals surface area contributed by atoms with Gasteiger partial charge in [0.1, 0.15) is 11.3 Å². The molecule has 0 saturated heterocycles. The molecule has 0 amide bonds. The first-order chi connectivity index (χ1) is 7.29. The van der Waals surface area contributed by atoms with Gasteiger partial charge in [-0.1, -0.05) is 0 Å². The van der Waals surface area contributed by atoms with Gasteiger partial charge in [0.15, 0.2) is 5.75 Å². The molecule has 90 valence electrons. The van der Waals surface area contributed by atoms with E-state index in [9.17, 15) is 22.0 Å². The molecule has 1 aromatic rings. The van der Waals surface area contributed by atoms with Gasteiger partial charge in [-0.05, 0) is 15.9 Å². The van der Waals surface area contributed by atoms with Crippen LogP contribution in [0.3, 0.4) is 0 Å². The molecule has 0 aliphatic rings. The third-order valence-corrected chi connectivity index (χ3v) is 2.52. The zero-order valence-corrected chi connectivity index (χ0v) is 9.36. The molecular weight excluding hydrogens is 301 g/mol. The molecule has 2 nitrogen and oxygen atoms in total. The quantitative estimate of drug-likeness (QED) is 0.775. The third kappa shape index (κ3) is 2.42. The van der Waals surface area contributed by atoms with Gasteiger partial charge in [-0.3, -0.25) is 4.98 Å². The molecule has 0 aliphatic carbocycles. The van der Waals surface area contributed by atoms with Gasteiger partial charge in [0.2, 0.25) is 0 Å². The summed E-state index contributed by atoms with van der Waals surface area (Å²) in [6.07, 6.45) is -7.27. The Morgan fingerprint density at radius 3 is 2.31 bits per heavy atom. The maximum Gasteiger partial charge on any atom is 0.421 e. The Morgan fingerprint density at radius 2 is 1.94 bits per heavy atom. The molecule has 8 heteroatoms. The number of halogens is 6. The summed E-state index contributed by atoms with van der Waals surface area (Å²) in [5, 5.41) is 0. The van der Waals surface area contributed by atoms with E-state index in [0.29, 0.717) is 6.20 Å². The number of methoxy groups -OCH3 is 1. The molecule has 0 N–H and O–H groups in total. The molecule has 0 spiro atoms. The Balaban J connectivity index is 3.47. The van der Waals surface area contributed by atoms with Gasteiger partial charge < -0.3 is 4.74 Å². The normalized spacial score (nSPS) is 12.0. The van der Waals surface area contributed by atoms with Gasteiger partial charge in [-0.2, -0.15) is 13.2 Å². The van der Waals surface area contributed by atoms with Crippen LogP contribution in [0.1, 0.15) is 17.7 Å². The number of pyridine rings is 1. The number of rotatable bonds is 2. The summed E-state index contributed by atoms with van der Waals surface area (Å²) in [4.78, 5) is 3.20. The summed E-state index contributed by atoms with van der Waals surface area (Å²) in [5.41, 5.74) is -2.26. The van der Waals surface area contributed by atoms with Crippen LogP contribution in [0, 0.1) is 0 Å². The maximum atomic E-state index is 12.6. The van der Waals surface area contributed by atoms with Crippen LogP contribution in [0.15, 0.2) is 10.7 Å². The highest BCUT2D eigenvalue weighted by molar-refractivity contribution is 9.10. The van der Waals surface area contributed by atoms with Crippen molar-refractivity contribution in [1.82, 2.24) is 4.98 Å². The Kier molecular flexibility index (Phi) is 3.72. The summed E-state index contributed by atoms with van der Waals surface area (Å²) < 4.78 is 66.0. The van der Waals surface area contributed by atoms with Gasteiger partial charge >= 0.3 is 6.18 Å². The Morgan fingerprint density at radius 1 is 1.38 bits per heavy atom. The molecule has 0 unspecified atom stereocenters. The summed E-state index contributed by atoms with van der Waals surface area (Å²) in [6, 6.07) is 0. The minimum absolute atomic E-state index is 0.608. The fourth-order valence-corrected chi connectivity index (χ4v) is 1.75. The maximum absolute atomic E-state index is 12.6. The van der Waals surface area contributed by atoms with Crippen LogP contribution in [0.5, 0.6) is 5.75 Å². The van der Waals surface area contributed by atoms with Crippen molar-refractivity contribution in [1.29, 1.82) is 0 Å². The second-order valence-corrected chi connectivity index (χ2v) is 3.49. The Labute approximate surface area is 95.6 Å². The SMILES string of the molecule is COc1cnc(C(F)F)c(Br)c1C(F)(F)F. The minimum atomic E-state index is -4.79. The van der Waals surface area contributed by atoms with E-state index in [1.165, 1.54) is 0 Å². The van der Waals surface area contributed by atoms with Crippen molar-refractivity contribution in [3.63, 3.8) is 0 Å². The van der Waals surface area contributed by atoms with Crippen molar-refractivity contribution in [2.75, 3.05) is 7.11 Å². The van der Waals surface area contributed by atoms with Crippen molar-refractivity contribution < 1.29 is 26.7 Å². The van der Waals surface area contributed by atoms with Crippen LogP contribution < -0.4 is 4.74 Å². The number of aromatic nitrogens is 1. The van der Waals surface area contributed by atoms with E-state index in [4.69, 9.17) is 0 Å². The van der Waals surface area contributed by atoms with Crippen molar-refractivity contribution in [2.45, 2.75) is 12.6 Å².